The van der Waals surface area contributed by atoms with Crippen LogP contribution in [0.4, 0.5) is 4.39 Å². The number of benzene rings is 2. The number of carbonyl (C=O) groups excluding carboxylic acids is 2. The van der Waals surface area contributed by atoms with Crippen molar-refractivity contribution in [1.82, 2.24) is 4.57 Å². The lowest BCUT2D eigenvalue weighted by molar-refractivity contribution is 0.0601. The molecule has 5 nitrogen and oxygen atoms in total. The minimum absolute atomic E-state index is 0.169. The molecular formula is C19H15FN2O3S. The van der Waals surface area contributed by atoms with Gasteiger partial charge in [-0.05, 0) is 36.4 Å². The van der Waals surface area contributed by atoms with E-state index < -0.39 is 17.7 Å². The van der Waals surface area contributed by atoms with Gasteiger partial charge in [0.25, 0.3) is 5.91 Å². The molecule has 0 spiro atoms. The summed E-state index contributed by atoms with van der Waals surface area (Å²) in [6, 6.07) is 10.5. The molecule has 0 unspecified atom stereocenters. The predicted molar refractivity (Wildman–Crippen MR) is 97.6 cm³/mol. The topological polar surface area (TPSA) is 60.7 Å². The first-order chi connectivity index (χ1) is 12.5. The Labute approximate surface area is 152 Å². The van der Waals surface area contributed by atoms with Gasteiger partial charge in [0.05, 0.1) is 22.9 Å². The Hall–Kier alpha value is -3.06. The van der Waals surface area contributed by atoms with Crippen LogP contribution in [0.3, 0.4) is 0 Å². The number of ether oxygens (including phenoxy) is 1. The molecule has 0 aliphatic carbocycles. The number of hydrogen-bond acceptors (Lipinski definition) is 4. The number of fused-ring (bicyclic) bond motifs is 1. The van der Waals surface area contributed by atoms with E-state index >= 15 is 0 Å². The first-order valence-corrected chi connectivity index (χ1v) is 8.52. The molecule has 0 atom stereocenters. The summed E-state index contributed by atoms with van der Waals surface area (Å²) < 4.78 is 20.7. The Balaban J connectivity index is 2.14. The number of nitrogens with zero attached hydrogens (tertiary/aromatic N) is 2. The Morgan fingerprint density at radius 3 is 2.77 bits per heavy atom. The largest absolute Gasteiger partial charge is 0.465 e. The summed E-state index contributed by atoms with van der Waals surface area (Å²) in [6.07, 6.45) is 1.69. The first kappa shape index (κ1) is 17.8. The van der Waals surface area contributed by atoms with Crippen molar-refractivity contribution in [2.75, 3.05) is 7.11 Å². The number of rotatable bonds is 4. The smallest absolute Gasteiger partial charge is 0.337 e. The number of hydrogen-bond donors (Lipinski definition) is 0. The van der Waals surface area contributed by atoms with E-state index in [-0.39, 0.29) is 5.56 Å². The van der Waals surface area contributed by atoms with Crippen molar-refractivity contribution < 1.29 is 18.7 Å². The van der Waals surface area contributed by atoms with E-state index in [1.54, 1.807) is 24.3 Å². The zero-order valence-electron chi connectivity index (χ0n) is 13.9. The van der Waals surface area contributed by atoms with Crippen molar-refractivity contribution >= 4 is 33.4 Å². The van der Waals surface area contributed by atoms with Gasteiger partial charge in [-0.15, -0.1) is 6.58 Å². The molecule has 2 aromatic carbocycles. The van der Waals surface area contributed by atoms with Gasteiger partial charge >= 0.3 is 5.97 Å². The van der Waals surface area contributed by atoms with Crippen molar-refractivity contribution in [2.24, 2.45) is 4.99 Å². The second kappa shape index (κ2) is 7.45. The fraction of sp³-hybridized carbons (Fsp3) is 0.105. The van der Waals surface area contributed by atoms with E-state index in [2.05, 4.69) is 11.6 Å². The molecule has 0 saturated carbocycles. The maximum absolute atomic E-state index is 13.3. The summed E-state index contributed by atoms with van der Waals surface area (Å²) in [6.45, 7) is 4.16. The van der Waals surface area contributed by atoms with Gasteiger partial charge in [0.1, 0.15) is 5.82 Å². The Morgan fingerprint density at radius 2 is 2.08 bits per heavy atom. The van der Waals surface area contributed by atoms with Crippen LogP contribution < -0.4 is 4.80 Å². The highest BCUT2D eigenvalue weighted by molar-refractivity contribution is 7.16. The standard InChI is InChI=1S/C19H15FN2O3S/c1-3-9-22-15-8-7-13(18(24)25-2)11-16(15)26-19(22)21-17(23)12-5-4-6-14(20)10-12/h3-8,10-11H,1,9H2,2H3. The summed E-state index contributed by atoms with van der Waals surface area (Å²) in [5.41, 5.74) is 1.39. The lowest BCUT2D eigenvalue weighted by atomic mass is 10.2. The Kier molecular flexibility index (Phi) is 5.09. The quantitative estimate of drug-likeness (QED) is 0.521. The molecule has 0 bridgehead atoms. The lowest BCUT2D eigenvalue weighted by Gasteiger charge is -2.02. The minimum atomic E-state index is -0.540. The van der Waals surface area contributed by atoms with Crippen LogP contribution in [0.1, 0.15) is 20.7 Å². The molecule has 1 aromatic heterocycles. The van der Waals surface area contributed by atoms with E-state index in [0.717, 1.165) is 16.3 Å². The molecule has 7 heteroatoms. The molecule has 0 radical (unpaired) electrons. The third-order valence-electron chi connectivity index (χ3n) is 3.68. The minimum Gasteiger partial charge on any atom is -0.465 e. The highest BCUT2D eigenvalue weighted by atomic mass is 32.1. The van der Waals surface area contributed by atoms with Crippen molar-refractivity contribution in [3.8, 4) is 0 Å². The third-order valence-corrected chi connectivity index (χ3v) is 4.73. The number of thiazole rings is 1. The highest BCUT2D eigenvalue weighted by Crippen LogP contribution is 2.20. The average Bonchev–Trinajstić information content (AvgIpc) is 2.97. The van der Waals surface area contributed by atoms with E-state index in [1.807, 2.05) is 4.57 Å². The van der Waals surface area contributed by atoms with Gasteiger partial charge in [-0.25, -0.2) is 9.18 Å². The maximum Gasteiger partial charge on any atom is 0.337 e. The van der Waals surface area contributed by atoms with Crippen LogP contribution in [0.5, 0.6) is 0 Å². The number of aromatic nitrogens is 1. The number of allylic oxidation sites excluding steroid dienone is 1. The fourth-order valence-electron chi connectivity index (χ4n) is 2.48. The summed E-state index contributed by atoms with van der Waals surface area (Å²) in [5, 5.41) is 0. The Bertz CT molecular complexity index is 1080. The zero-order chi connectivity index (χ0) is 18.7. The van der Waals surface area contributed by atoms with Crippen LogP contribution in [-0.4, -0.2) is 23.6 Å². The molecule has 1 amide bonds. The molecule has 3 aromatic rings. The molecule has 1 heterocycles. The molecule has 0 aliphatic rings. The zero-order valence-corrected chi connectivity index (χ0v) is 14.8. The predicted octanol–water partition coefficient (Wildman–Crippen LogP) is 3.56. The summed E-state index contributed by atoms with van der Waals surface area (Å²) in [4.78, 5) is 28.7. The second-order valence-corrected chi connectivity index (χ2v) is 6.39. The Morgan fingerprint density at radius 1 is 1.27 bits per heavy atom. The van der Waals surface area contributed by atoms with Crippen LogP contribution in [0.25, 0.3) is 10.2 Å². The molecule has 0 saturated heterocycles. The lowest BCUT2D eigenvalue weighted by Crippen LogP contribution is -2.16. The molecular weight excluding hydrogens is 355 g/mol. The van der Waals surface area contributed by atoms with Gasteiger partial charge in [-0.1, -0.05) is 23.5 Å². The van der Waals surface area contributed by atoms with Crippen LogP contribution in [0, 0.1) is 5.82 Å². The van der Waals surface area contributed by atoms with Crippen LogP contribution >= 0.6 is 11.3 Å². The van der Waals surface area contributed by atoms with Crippen LogP contribution in [0.15, 0.2) is 60.1 Å². The van der Waals surface area contributed by atoms with Crippen molar-refractivity contribution in [3.05, 3.63) is 76.9 Å². The molecule has 132 valence electrons. The van der Waals surface area contributed by atoms with Crippen molar-refractivity contribution in [2.45, 2.75) is 6.54 Å². The maximum atomic E-state index is 13.3. The molecule has 0 fully saturated rings. The monoisotopic (exact) mass is 370 g/mol. The van der Waals surface area contributed by atoms with Gasteiger partial charge < -0.3 is 9.30 Å². The van der Waals surface area contributed by atoms with Gasteiger partial charge in [0.2, 0.25) is 0 Å². The van der Waals surface area contributed by atoms with Gasteiger partial charge in [-0.2, -0.15) is 4.99 Å². The van der Waals surface area contributed by atoms with E-state index in [9.17, 15) is 14.0 Å². The number of esters is 1. The molecule has 26 heavy (non-hydrogen) atoms. The number of methoxy groups -OCH3 is 1. The number of halogens is 1. The summed E-state index contributed by atoms with van der Waals surface area (Å²) >= 11 is 1.26. The van der Waals surface area contributed by atoms with Gasteiger partial charge in [-0.3, -0.25) is 4.79 Å². The number of amides is 1. The highest BCUT2D eigenvalue weighted by Gasteiger charge is 2.12. The normalized spacial score (nSPS) is 11.5. The van der Waals surface area contributed by atoms with E-state index in [0.29, 0.717) is 16.9 Å². The summed E-state index contributed by atoms with van der Waals surface area (Å²) in [7, 11) is 1.32. The number of carbonyl (C=O) groups is 2. The third kappa shape index (κ3) is 3.48. The average molecular weight is 370 g/mol. The van der Waals surface area contributed by atoms with Crippen molar-refractivity contribution in [3.63, 3.8) is 0 Å². The fourth-order valence-corrected chi connectivity index (χ4v) is 3.56. The van der Waals surface area contributed by atoms with Crippen molar-refractivity contribution in [1.29, 1.82) is 0 Å². The second-order valence-electron chi connectivity index (χ2n) is 5.39. The molecule has 0 N–H and O–H groups in total. The first-order valence-electron chi connectivity index (χ1n) is 7.70. The SMILES string of the molecule is C=CCn1c(=NC(=O)c2cccc(F)c2)sc2cc(C(=O)OC)ccc21. The summed E-state index contributed by atoms with van der Waals surface area (Å²) in [5.74, 6) is -1.48. The molecule has 0 aliphatic heterocycles. The van der Waals surface area contributed by atoms with Gasteiger partial charge in [0.15, 0.2) is 4.80 Å². The van der Waals surface area contributed by atoms with Crippen LogP contribution in [-0.2, 0) is 11.3 Å². The van der Waals surface area contributed by atoms with Crippen LogP contribution in [0.2, 0.25) is 0 Å². The van der Waals surface area contributed by atoms with E-state index in [1.165, 1.54) is 36.6 Å². The van der Waals surface area contributed by atoms with Gasteiger partial charge in [0, 0.05) is 12.1 Å². The van der Waals surface area contributed by atoms with E-state index in [4.69, 9.17) is 4.74 Å². The molecule has 3 rings (SSSR count).